The standard InChI is InChI=1S/C10H14N2O3/c1-8-9(7-13)6-12(11-8)5-3-2-4-10(14)15/h6-7H,2-5H2,1H3,(H,14,15). The molecule has 0 aliphatic heterocycles. The topological polar surface area (TPSA) is 72.2 Å². The number of hydrogen-bond donors (Lipinski definition) is 1. The number of unbranched alkanes of at least 4 members (excludes halogenated alkanes) is 1. The highest BCUT2D eigenvalue weighted by atomic mass is 16.4. The number of nitrogens with zero attached hydrogens (tertiary/aromatic N) is 2. The van der Waals surface area contributed by atoms with Crippen molar-refractivity contribution in [2.45, 2.75) is 32.7 Å². The number of carboxylic acids is 1. The Hall–Kier alpha value is -1.65. The maximum Gasteiger partial charge on any atom is 0.303 e. The summed E-state index contributed by atoms with van der Waals surface area (Å²) in [5, 5.41) is 12.6. The van der Waals surface area contributed by atoms with Gasteiger partial charge in [0.1, 0.15) is 0 Å². The van der Waals surface area contributed by atoms with Crippen LogP contribution in [0.2, 0.25) is 0 Å². The third-order valence-electron chi connectivity index (χ3n) is 2.14. The van der Waals surface area contributed by atoms with E-state index in [9.17, 15) is 9.59 Å². The first-order valence-electron chi connectivity index (χ1n) is 4.84. The Morgan fingerprint density at radius 3 is 2.87 bits per heavy atom. The van der Waals surface area contributed by atoms with Gasteiger partial charge in [-0.15, -0.1) is 0 Å². The number of hydrogen-bond acceptors (Lipinski definition) is 3. The van der Waals surface area contributed by atoms with E-state index in [1.54, 1.807) is 17.8 Å². The summed E-state index contributed by atoms with van der Waals surface area (Å²) < 4.78 is 1.68. The van der Waals surface area contributed by atoms with Crippen LogP contribution in [0.3, 0.4) is 0 Å². The van der Waals surface area contributed by atoms with E-state index in [1.807, 2.05) is 0 Å². The van der Waals surface area contributed by atoms with Crippen molar-refractivity contribution >= 4 is 12.3 Å². The maximum atomic E-state index is 10.5. The van der Waals surface area contributed by atoms with Gasteiger partial charge in [0.2, 0.25) is 0 Å². The van der Waals surface area contributed by atoms with E-state index in [1.165, 1.54) is 0 Å². The minimum absolute atomic E-state index is 0.181. The van der Waals surface area contributed by atoms with E-state index in [2.05, 4.69) is 5.10 Å². The molecule has 0 unspecified atom stereocenters. The summed E-state index contributed by atoms with van der Waals surface area (Å²) in [5.74, 6) is -0.778. The number of carboxylic acid groups (broad SMARTS) is 1. The van der Waals surface area contributed by atoms with Gasteiger partial charge in [-0.3, -0.25) is 14.3 Å². The summed E-state index contributed by atoms with van der Waals surface area (Å²) in [4.78, 5) is 20.8. The molecular formula is C10H14N2O3. The third kappa shape index (κ3) is 3.53. The Morgan fingerprint density at radius 2 is 2.33 bits per heavy atom. The van der Waals surface area contributed by atoms with Crippen LogP contribution in [-0.4, -0.2) is 27.1 Å². The lowest BCUT2D eigenvalue weighted by molar-refractivity contribution is -0.137. The fraction of sp³-hybridized carbons (Fsp3) is 0.500. The average molecular weight is 210 g/mol. The minimum Gasteiger partial charge on any atom is -0.481 e. The first-order valence-corrected chi connectivity index (χ1v) is 4.84. The second-order valence-corrected chi connectivity index (χ2v) is 3.40. The molecule has 1 rings (SSSR count). The van der Waals surface area contributed by atoms with E-state index in [0.717, 1.165) is 12.7 Å². The van der Waals surface area contributed by atoms with Crippen molar-refractivity contribution in [2.24, 2.45) is 0 Å². The second-order valence-electron chi connectivity index (χ2n) is 3.40. The highest BCUT2D eigenvalue weighted by Gasteiger charge is 2.03. The smallest absolute Gasteiger partial charge is 0.303 e. The van der Waals surface area contributed by atoms with Gasteiger partial charge in [-0.1, -0.05) is 0 Å². The molecule has 1 aromatic rings. The Bertz CT molecular complexity index is 358. The molecule has 0 aliphatic rings. The van der Waals surface area contributed by atoms with Gasteiger partial charge >= 0.3 is 5.97 Å². The number of aromatic nitrogens is 2. The summed E-state index contributed by atoms with van der Waals surface area (Å²) in [7, 11) is 0. The van der Waals surface area contributed by atoms with Gasteiger partial charge in [0, 0.05) is 19.2 Å². The van der Waals surface area contributed by atoms with Crippen LogP contribution < -0.4 is 0 Å². The molecule has 1 heterocycles. The van der Waals surface area contributed by atoms with Gasteiger partial charge in [-0.2, -0.15) is 5.10 Å². The van der Waals surface area contributed by atoms with Crippen LogP contribution in [0.25, 0.3) is 0 Å². The zero-order valence-corrected chi connectivity index (χ0v) is 8.64. The molecule has 0 saturated heterocycles. The first-order chi connectivity index (χ1) is 7.13. The Kier molecular flexibility index (Phi) is 4.03. The predicted molar refractivity (Wildman–Crippen MR) is 53.8 cm³/mol. The maximum absolute atomic E-state index is 10.5. The van der Waals surface area contributed by atoms with Crippen LogP contribution in [0.5, 0.6) is 0 Å². The number of aryl methyl sites for hydroxylation is 2. The molecule has 1 N–H and O–H groups in total. The van der Waals surface area contributed by atoms with Crippen LogP contribution >= 0.6 is 0 Å². The number of carbonyl (C=O) groups is 2. The minimum atomic E-state index is -0.778. The lowest BCUT2D eigenvalue weighted by Crippen LogP contribution is -2.01. The van der Waals surface area contributed by atoms with Crippen LogP contribution in [0, 0.1) is 6.92 Å². The number of aliphatic carboxylic acids is 1. The molecule has 0 spiro atoms. The molecular weight excluding hydrogens is 196 g/mol. The highest BCUT2D eigenvalue weighted by molar-refractivity contribution is 5.75. The molecule has 5 nitrogen and oxygen atoms in total. The van der Waals surface area contributed by atoms with Crippen LogP contribution in [0.15, 0.2) is 6.20 Å². The van der Waals surface area contributed by atoms with Crippen molar-refractivity contribution in [3.63, 3.8) is 0 Å². The predicted octanol–water partition coefficient (Wildman–Crippen LogP) is 1.26. The quantitative estimate of drug-likeness (QED) is 0.566. The van der Waals surface area contributed by atoms with Crippen molar-refractivity contribution in [3.05, 3.63) is 17.5 Å². The summed E-state index contributed by atoms with van der Waals surface area (Å²) in [5.41, 5.74) is 1.30. The molecule has 0 aromatic carbocycles. The van der Waals surface area contributed by atoms with Crippen molar-refractivity contribution in [1.82, 2.24) is 9.78 Å². The molecule has 5 heteroatoms. The SMILES string of the molecule is Cc1nn(CCCCC(=O)O)cc1C=O. The lowest BCUT2D eigenvalue weighted by Gasteiger charge is -1.99. The molecule has 15 heavy (non-hydrogen) atoms. The molecule has 82 valence electrons. The van der Waals surface area contributed by atoms with E-state index < -0.39 is 5.97 Å². The van der Waals surface area contributed by atoms with E-state index in [-0.39, 0.29) is 6.42 Å². The molecule has 0 fully saturated rings. The van der Waals surface area contributed by atoms with E-state index in [0.29, 0.717) is 24.2 Å². The van der Waals surface area contributed by atoms with Crippen molar-refractivity contribution < 1.29 is 14.7 Å². The van der Waals surface area contributed by atoms with Gasteiger partial charge in [0.25, 0.3) is 0 Å². The summed E-state index contributed by atoms with van der Waals surface area (Å²) >= 11 is 0. The van der Waals surface area contributed by atoms with Crippen LogP contribution in [-0.2, 0) is 11.3 Å². The Balaban J connectivity index is 2.37. The van der Waals surface area contributed by atoms with Crippen molar-refractivity contribution in [1.29, 1.82) is 0 Å². The lowest BCUT2D eigenvalue weighted by atomic mass is 10.2. The zero-order chi connectivity index (χ0) is 11.3. The summed E-state index contributed by atoms with van der Waals surface area (Å²) in [6.07, 6.45) is 4.02. The normalized spacial score (nSPS) is 10.2. The fourth-order valence-corrected chi connectivity index (χ4v) is 1.31. The molecule has 0 radical (unpaired) electrons. The number of aldehydes is 1. The van der Waals surface area contributed by atoms with Gasteiger partial charge in [-0.25, -0.2) is 0 Å². The molecule has 0 saturated carbocycles. The van der Waals surface area contributed by atoms with Gasteiger partial charge in [-0.05, 0) is 19.8 Å². The van der Waals surface area contributed by atoms with Crippen LogP contribution in [0.4, 0.5) is 0 Å². The largest absolute Gasteiger partial charge is 0.481 e. The fourth-order valence-electron chi connectivity index (χ4n) is 1.31. The van der Waals surface area contributed by atoms with Crippen molar-refractivity contribution in [2.75, 3.05) is 0 Å². The number of carbonyl (C=O) groups excluding carboxylic acids is 1. The van der Waals surface area contributed by atoms with Gasteiger partial charge < -0.3 is 5.11 Å². The van der Waals surface area contributed by atoms with Gasteiger partial charge in [0.05, 0.1) is 11.3 Å². The first kappa shape index (κ1) is 11.4. The number of rotatable bonds is 6. The van der Waals surface area contributed by atoms with E-state index in [4.69, 9.17) is 5.11 Å². The molecule has 0 bridgehead atoms. The molecule has 0 atom stereocenters. The monoisotopic (exact) mass is 210 g/mol. The average Bonchev–Trinajstić information content (AvgIpc) is 2.53. The Morgan fingerprint density at radius 1 is 1.60 bits per heavy atom. The molecule has 1 aromatic heterocycles. The Labute approximate surface area is 87.7 Å². The van der Waals surface area contributed by atoms with E-state index >= 15 is 0 Å². The van der Waals surface area contributed by atoms with Gasteiger partial charge in [0.15, 0.2) is 6.29 Å². The molecule has 0 amide bonds. The second kappa shape index (κ2) is 5.29. The highest BCUT2D eigenvalue weighted by Crippen LogP contribution is 2.04. The van der Waals surface area contributed by atoms with Crippen LogP contribution in [0.1, 0.15) is 35.3 Å². The zero-order valence-electron chi connectivity index (χ0n) is 8.64. The summed E-state index contributed by atoms with van der Waals surface area (Å²) in [6, 6.07) is 0. The third-order valence-corrected chi connectivity index (χ3v) is 2.14. The molecule has 0 aliphatic carbocycles. The van der Waals surface area contributed by atoms with Crippen molar-refractivity contribution in [3.8, 4) is 0 Å². The summed E-state index contributed by atoms with van der Waals surface area (Å²) in [6.45, 7) is 2.43.